The van der Waals surface area contributed by atoms with Crippen molar-refractivity contribution in [3.05, 3.63) is 69.5 Å². The van der Waals surface area contributed by atoms with Crippen LogP contribution in [0.15, 0.2) is 47.3 Å². The zero-order valence-corrected chi connectivity index (χ0v) is 17.2. The molecular weight excluding hydrogens is 412 g/mol. The van der Waals surface area contributed by atoms with Gasteiger partial charge in [-0.05, 0) is 43.2 Å². The lowest BCUT2D eigenvalue weighted by Gasteiger charge is -2.29. The SMILES string of the molecule is O=C(OCn1nnc2ccccc2c1=O)c1ccc2c(c1)C(=O)N(C1CCCCC1)C2=O. The number of rotatable bonds is 4. The van der Waals surface area contributed by atoms with E-state index in [-0.39, 0.29) is 29.0 Å². The van der Waals surface area contributed by atoms with Gasteiger partial charge >= 0.3 is 5.97 Å². The highest BCUT2D eigenvalue weighted by Crippen LogP contribution is 2.31. The summed E-state index contributed by atoms with van der Waals surface area (Å²) in [5.41, 5.74) is 0.647. The van der Waals surface area contributed by atoms with Crippen molar-refractivity contribution in [2.75, 3.05) is 0 Å². The lowest BCUT2D eigenvalue weighted by atomic mass is 9.94. The third-order valence-corrected chi connectivity index (χ3v) is 6.04. The Labute approximate surface area is 182 Å². The Bertz CT molecular complexity index is 1310. The Kier molecular flexibility index (Phi) is 5.01. The van der Waals surface area contributed by atoms with Gasteiger partial charge in [-0.3, -0.25) is 19.3 Å². The first-order chi connectivity index (χ1) is 15.5. The Morgan fingerprint density at radius 3 is 2.53 bits per heavy atom. The lowest BCUT2D eigenvalue weighted by molar-refractivity contribution is 0.0335. The molecule has 0 atom stereocenters. The number of nitrogens with zero attached hydrogens (tertiary/aromatic N) is 4. The summed E-state index contributed by atoms with van der Waals surface area (Å²) in [6.45, 7) is -0.423. The molecule has 3 aromatic rings. The molecule has 9 heteroatoms. The van der Waals surface area contributed by atoms with Crippen LogP contribution in [0.1, 0.15) is 63.2 Å². The molecule has 1 aromatic heterocycles. The summed E-state index contributed by atoms with van der Waals surface area (Å²) >= 11 is 0. The molecule has 0 saturated heterocycles. The van der Waals surface area contributed by atoms with Crippen molar-refractivity contribution in [1.29, 1.82) is 0 Å². The minimum Gasteiger partial charge on any atom is -0.439 e. The molecule has 2 heterocycles. The van der Waals surface area contributed by atoms with Gasteiger partial charge in [0.15, 0.2) is 6.73 Å². The molecule has 2 aromatic carbocycles. The van der Waals surface area contributed by atoms with E-state index < -0.39 is 18.3 Å². The molecule has 32 heavy (non-hydrogen) atoms. The molecule has 1 fully saturated rings. The second kappa shape index (κ2) is 7.99. The van der Waals surface area contributed by atoms with Crippen LogP contribution in [-0.2, 0) is 11.5 Å². The quantitative estimate of drug-likeness (QED) is 0.460. The van der Waals surface area contributed by atoms with E-state index >= 15 is 0 Å². The van der Waals surface area contributed by atoms with Gasteiger partial charge in [0.25, 0.3) is 17.4 Å². The Morgan fingerprint density at radius 2 is 1.72 bits per heavy atom. The Hall–Kier alpha value is -3.88. The molecule has 0 spiro atoms. The predicted molar refractivity (Wildman–Crippen MR) is 113 cm³/mol. The van der Waals surface area contributed by atoms with Crippen molar-refractivity contribution < 1.29 is 19.1 Å². The number of carbonyl (C=O) groups excluding carboxylic acids is 3. The first kappa shape index (κ1) is 20.0. The average Bonchev–Trinajstić information content (AvgIpc) is 3.08. The fourth-order valence-corrected chi connectivity index (χ4v) is 4.37. The van der Waals surface area contributed by atoms with Crippen LogP contribution in [0.5, 0.6) is 0 Å². The summed E-state index contributed by atoms with van der Waals surface area (Å²) in [7, 11) is 0. The van der Waals surface area contributed by atoms with Gasteiger partial charge in [-0.25, -0.2) is 4.79 Å². The molecule has 162 valence electrons. The van der Waals surface area contributed by atoms with E-state index in [1.165, 1.54) is 23.1 Å². The summed E-state index contributed by atoms with van der Waals surface area (Å²) < 4.78 is 6.17. The van der Waals surface area contributed by atoms with Crippen molar-refractivity contribution in [1.82, 2.24) is 19.9 Å². The van der Waals surface area contributed by atoms with Crippen molar-refractivity contribution in [3.8, 4) is 0 Å². The second-order valence-corrected chi connectivity index (χ2v) is 8.00. The summed E-state index contributed by atoms with van der Waals surface area (Å²) in [5.74, 6) is -1.41. The maximum absolute atomic E-state index is 12.9. The highest BCUT2D eigenvalue weighted by molar-refractivity contribution is 6.22. The van der Waals surface area contributed by atoms with Gasteiger partial charge in [-0.1, -0.05) is 36.6 Å². The average molecular weight is 432 g/mol. The van der Waals surface area contributed by atoms with Crippen molar-refractivity contribution in [2.24, 2.45) is 0 Å². The molecule has 0 bridgehead atoms. The van der Waals surface area contributed by atoms with E-state index in [2.05, 4.69) is 10.3 Å². The van der Waals surface area contributed by atoms with Gasteiger partial charge < -0.3 is 4.74 Å². The Balaban J connectivity index is 1.34. The molecular formula is C23H20N4O5. The van der Waals surface area contributed by atoms with Crippen LogP contribution in [0.2, 0.25) is 0 Å². The predicted octanol–water partition coefficient (Wildman–Crippen LogP) is 2.53. The number of hydrogen-bond acceptors (Lipinski definition) is 7. The van der Waals surface area contributed by atoms with Crippen LogP contribution in [0, 0.1) is 0 Å². The number of hydrogen-bond donors (Lipinski definition) is 0. The largest absolute Gasteiger partial charge is 0.439 e. The third kappa shape index (κ3) is 3.35. The molecule has 1 saturated carbocycles. The van der Waals surface area contributed by atoms with E-state index in [9.17, 15) is 19.2 Å². The number of amides is 2. The lowest BCUT2D eigenvalue weighted by Crippen LogP contribution is -2.40. The summed E-state index contributed by atoms with van der Waals surface area (Å²) in [6, 6.07) is 11.0. The van der Waals surface area contributed by atoms with E-state index in [0.717, 1.165) is 36.8 Å². The normalized spacial score (nSPS) is 16.4. The van der Waals surface area contributed by atoms with E-state index in [0.29, 0.717) is 16.5 Å². The summed E-state index contributed by atoms with van der Waals surface area (Å²) in [6.07, 6.45) is 4.71. The molecule has 9 nitrogen and oxygen atoms in total. The number of esters is 1. The summed E-state index contributed by atoms with van der Waals surface area (Å²) in [5, 5.41) is 8.09. The van der Waals surface area contributed by atoms with Gasteiger partial charge in [0.2, 0.25) is 0 Å². The maximum Gasteiger partial charge on any atom is 0.339 e. The van der Waals surface area contributed by atoms with Crippen LogP contribution in [0.4, 0.5) is 0 Å². The maximum atomic E-state index is 12.9. The highest BCUT2D eigenvalue weighted by atomic mass is 16.5. The van der Waals surface area contributed by atoms with Crippen LogP contribution < -0.4 is 5.56 Å². The molecule has 5 rings (SSSR count). The number of benzene rings is 2. The standard InChI is InChI=1S/C23H20N4O5/c28-20-17-8-4-5-9-19(17)24-25-26(20)13-32-23(31)14-10-11-16-18(12-14)22(30)27(21(16)29)15-6-2-1-3-7-15/h4-5,8-12,15H,1-3,6-7,13H2. The van der Waals surface area contributed by atoms with Gasteiger partial charge in [0.05, 0.1) is 22.1 Å². The van der Waals surface area contributed by atoms with E-state index in [1.54, 1.807) is 24.3 Å². The number of imide groups is 1. The van der Waals surface area contributed by atoms with E-state index in [4.69, 9.17) is 4.74 Å². The Morgan fingerprint density at radius 1 is 0.969 bits per heavy atom. The minimum absolute atomic E-state index is 0.0927. The number of fused-ring (bicyclic) bond motifs is 2. The first-order valence-electron chi connectivity index (χ1n) is 10.6. The topological polar surface area (TPSA) is 111 Å². The van der Waals surface area contributed by atoms with Crippen LogP contribution in [-0.4, -0.2) is 43.7 Å². The van der Waals surface area contributed by atoms with Crippen LogP contribution in [0.25, 0.3) is 10.9 Å². The molecule has 2 amide bonds. The number of carbonyl (C=O) groups is 3. The van der Waals surface area contributed by atoms with Crippen molar-refractivity contribution in [2.45, 2.75) is 44.9 Å². The monoisotopic (exact) mass is 432 g/mol. The fourth-order valence-electron chi connectivity index (χ4n) is 4.37. The van der Waals surface area contributed by atoms with Crippen molar-refractivity contribution >= 4 is 28.7 Å². The minimum atomic E-state index is -0.731. The molecule has 1 aliphatic heterocycles. The van der Waals surface area contributed by atoms with Gasteiger partial charge in [-0.15, -0.1) is 5.10 Å². The molecule has 0 radical (unpaired) electrons. The molecule has 0 unspecified atom stereocenters. The molecule has 2 aliphatic rings. The second-order valence-electron chi connectivity index (χ2n) is 8.00. The van der Waals surface area contributed by atoms with Gasteiger partial charge in [0, 0.05) is 6.04 Å². The summed E-state index contributed by atoms with van der Waals surface area (Å²) in [4.78, 5) is 52.1. The van der Waals surface area contributed by atoms with Gasteiger partial charge in [0.1, 0.15) is 5.52 Å². The van der Waals surface area contributed by atoms with Gasteiger partial charge in [-0.2, -0.15) is 4.68 Å². The van der Waals surface area contributed by atoms with E-state index in [1.807, 2.05) is 0 Å². The number of ether oxygens (including phenoxy) is 1. The third-order valence-electron chi connectivity index (χ3n) is 6.04. The number of aromatic nitrogens is 3. The van der Waals surface area contributed by atoms with Crippen LogP contribution in [0.3, 0.4) is 0 Å². The smallest absolute Gasteiger partial charge is 0.339 e. The zero-order chi connectivity index (χ0) is 22.2. The fraction of sp³-hybridized carbons (Fsp3) is 0.304. The zero-order valence-electron chi connectivity index (χ0n) is 17.2. The highest BCUT2D eigenvalue weighted by Gasteiger charge is 2.40. The first-order valence-corrected chi connectivity index (χ1v) is 10.6. The van der Waals surface area contributed by atoms with Crippen LogP contribution >= 0.6 is 0 Å². The molecule has 1 aliphatic carbocycles. The molecule has 0 N–H and O–H groups in total. The van der Waals surface area contributed by atoms with Crippen molar-refractivity contribution in [3.63, 3.8) is 0 Å².